The molecule has 0 aliphatic heterocycles. The second kappa shape index (κ2) is 5.74. The van der Waals surface area contributed by atoms with E-state index in [0.717, 1.165) is 0 Å². The molecule has 0 aliphatic rings. The minimum atomic E-state index is -0.715. The number of rotatable bonds is 5. The van der Waals surface area contributed by atoms with E-state index in [-0.39, 0.29) is 5.56 Å². The van der Waals surface area contributed by atoms with E-state index in [1.54, 1.807) is 6.07 Å². The molecule has 6 heteroatoms. The molecule has 92 valence electrons. The molecular weight excluding hydrogens is 226 g/mol. The molecule has 0 aromatic heterocycles. The molecule has 6 nitrogen and oxygen atoms in total. The summed E-state index contributed by atoms with van der Waals surface area (Å²) in [5, 5.41) is 0. The number of nitrogens with two attached hydrogens (primary N) is 1. The van der Waals surface area contributed by atoms with Gasteiger partial charge < -0.3 is 19.9 Å². The Bertz CT molecular complexity index is 408. The van der Waals surface area contributed by atoms with Gasteiger partial charge in [0.15, 0.2) is 6.61 Å². The molecule has 1 amide bonds. The second-order valence-corrected chi connectivity index (χ2v) is 3.14. The van der Waals surface area contributed by atoms with Crippen LogP contribution in [0.1, 0.15) is 10.4 Å². The van der Waals surface area contributed by atoms with Gasteiger partial charge in [-0.15, -0.1) is 0 Å². The number of hydrogen-bond donors (Lipinski definition) is 1. The Morgan fingerprint density at radius 2 is 1.65 bits per heavy atom. The van der Waals surface area contributed by atoms with E-state index >= 15 is 0 Å². The number of amides is 1. The van der Waals surface area contributed by atoms with E-state index in [2.05, 4.69) is 4.74 Å². The molecule has 0 radical (unpaired) electrons. The molecule has 0 saturated carbocycles. The van der Waals surface area contributed by atoms with Crippen LogP contribution in [0.4, 0.5) is 0 Å². The standard InChI is InChI=1S/C11H13NO5/c1-15-8-3-7(4-9(5-8)16-2)11(14)17-6-10(12)13/h3-5H,6H2,1-2H3,(H2,12,13). The highest BCUT2D eigenvalue weighted by molar-refractivity contribution is 5.92. The van der Waals surface area contributed by atoms with Crippen molar-refractivity contribution in [3.63, 3.8) is 0 Å². The van der Waals surface area contributed by atoms with Crippen LogP contribution in [0.5, 0.6) is 11.5 Å². The molecular formula is C11H13NO5. The molecule has 0 saturated heterocycles. The van der Waals surface area contributed by atoms with Gasteiger partial charge in [-0.05, 0) is 12.1 Å². The zero-order valence-electron chi connectivity index (χ0n) is 9.56. The molecule has 2 N–H and O–H groups in total. The first-order chi connectivity index (χ1) is 8.06. The average molecular weight is 239 g/mol. The molecule has 0 bridgehead atoms. The molecule has 0 fully saturated rings. The molecule has 0 heterocycles. The fourth-order valence-corrected chi connectivity index (χ4v) is 1.15. The summed E-state index contributed by atoms with van der Waals surface area (Å²) in [5.41, 5.74) is 5.09. The molecule has 17 heavy (non-hydrogen) atoms. The van der Waals surface area contributed by atoms with E-state index in [0.29, 0.717) is 11.5 Å². The summed E-state index contributed by atoms with van der Waals surface area (Å²) < 4.78 is 14.7. The number of carbonyl (C=O) groups excluding carboxylic acids is 2. The van der Waals surface area contributed by atoms with Crippen molar-refractivity contribution in [1.29, 1.82) is 0 Å². The lowest BCUT2D eigenvalue weighted by Crippen LogP contribution is -2.20. The highest BCUT2D eigenvalue weighted by Crippen LogP contribution is 2.22. The predicted octanol–water partition coefficient (Wildman–Crippen LogP) is 0.346. The predicted molar refractivity (Wildman–Crippen MR) is 59.0 cm³/mol. The van der Waals surface area contributed by atoms with Crippen LogP contribution in [0, 0.1) is 0 Å². The Morgan fingerprint density at radius 1 is 1.12 bits per heavy atom. The lowest BCUT2D eigenvalue weighted by Gasteiger charge is -2.07. The number of esters is 1. The van der Waals surface area contributed by atoms with Gasteiger partial charge in [-0.3, -0.25) is 4.79 Å². The van der Waals surface area contributed by atoms with E-state index in [4.69, 9.17) is 15.2 Å². The maximum Gasteiger partial charge on any atom is 0.338 e. The van der Waals surface area contributed by atoms with Crippen molar-refractivity contribution in [2.45, 2.75) is 0 Å². The van der Waals surface area contributed by atoms with Gasteiger partial charge in [0.1, 0.15) is 11.5 Å². The van der Waals surface area contributed by atoms with Crippen LogP contribution < -0.4 is 15.2 Å². The zero-order valence-corrected chi connectivity index (χ0v) is 9.56. The number of ether oxygens (including phenoxy) is 3. The van der Waals surface area contributed by atoms with Gasteiger partial charge in [-0.1, -0.05) is 0 Å². The summed E-state index contributed by atoms with van der Waals surface area (Å²) in [6, 6.07) is 4.57. The van der Waals surface area contributed by atoms with Crippen LogP contribution in [0.3, 0.4) is 0 Å². The first-order valence-corrected chi connectivity index (χ1v) is 4.75. The van der Waals surface area contributed by atoms with E-state index in [1.807, 2.05) is 0 Å². The number of primary amides is 1. The van der Waals surface area contributed by atoms with Gasteiger partial charge in [0.2, 0.25) is 0 Å². The highest BCUT2D eigenvalue weighted by atomic mass is 16.5. The third-order valence-electron chi connectivity index (χ3n) is 1.93. The monoisotopic (exact) mass is 239 g/mol. The van der Waals surface area contributed by atoms with Gasteiger partial charge in [0, 0.05) is 6.07 Å². The Labute approximate surface area is 98.3 Å². The van der Waals surface area contributed by atoms with E-state index in [1.165, 1.54) is 26.4 Å². The van der Waals surface area contributed by atoms with Gasteiger partial charge in [0.25, 0.3) is 5.91 Å². The minimum Gasteiger partial charge on any atom is -0.497 e. The number of benzene rings is 1. The fraction of sp³-hybridized carbons (Fsp3) is 0.273. The third kappa shape index (κ3) is 3.67. The molecule has 1 rings (SSSR count). The Balaban J connectivity index is 2.88. The van der Waals surface area contributed by atoms with Crippen molar-refractivity contribution in [3.05, 3.63) is 23.8 Å². The summed E-state index contributed by atoms with van der Waals surface area (Å²) in [5.74, 6) is -0.472. The molecule has 0 aliphatic carbocycles. The van der Waals surface area contributed by atoms with Crippen LogP contribution in [0.15, 0.2) is 18.2 Å². The van der Waals surface area contributed by atoms with Crippen LogP contribution in [0.25, 0.3) is 0 Å². The van der Waals surface area contributed by atoms with Crippen LogP contribution >= 0.6 is 0 Å². The largest absolute Gasteiger partial charge is 0.497 e. The van der Waals surface area contributed by atoms with Crippen LogP contribution in [-0.2, 0) is 9.53 Å². The number of carbonyl (C=O) groups is 2. The summed E-state index contributed by atoms with van der Waals surface area (Å²) in [4.78, 5) is 22.0. The minimum absolute atomic E-state index is 0.224. The topological polar surface area (TPSA) is 87.8 Å². The zero-order chi connectivity index (χ0) is 12.8. The Morgan fingerprint density at radius 3 is 2.06 bits per heavy atom. The van der Waals surface area contributed by atoms with Gasteiger partial charge in [-0.2, -0.15) is 0 Å². The second-order valence-electron chi connectivity index (χ2n) is 3.14. The van der Waals surface area contributed by atoms with Gasteiger partial charge >= 0.3 is 5.97 Å². The van der Waals surface area contributed by atoms with Crippen molar-refractivity contribution in [1.82, 2.24) is 0 Å². The summed E-state index contributed by atoms with van der Waals surface area (Å²) in [6.07, 6.45) is 0. The van der Waals surface area contributed by atoms with Crippen molar-refractivity contribution in [2.75, 3.05) is 20.8 Å². The van der Waals surface area contributed by atoms with Crippen LogP contribution in [-0.4, -0.2) is 32.7 Å². The maximum absolute atomic E-state index is 11.5. The highest BCUT2D eigenvalue weighted by Gasteiger charge is 2.12. The maximum atomic E-state index is 11.5. The summed E-state index contributed by atoms with van der Waals surface area (Å²) in [6.45, 7) is -0.460. The van der Waals surface area contributed by atoms with Crippen molar-refractivity contribution >= 4 is 11.9 Å². The van der Waals surface area contributed by atoms with Crippen molar-refractivity contribution in [2.24, 2.45) is 5.73 Å². The van der Waals surface area contributed by atoms with Crippen LogP contribution in [0.2, 0.25) is 0 Å². The smallest absolute Gasteiger partial charge is 0.338 e. The Kier molecular flexibility index (Phi) is 4.33. The van der Waals surface area contributed by atoms with E-state index < -0.39 is 18.5 Å². The molecule has 1 aromatic rings. The van der Waals surface area contributed by atoms with E-state index in [9.17, 15) is 9.59 Å². The lowest BCUT2D eigenvalue weighted by atomic mass is 10.2. The van der Waals surface area contributed by atoms with Crippen molar-refractivity contribution in [3.8, 4) is 11.5 Å². The molecule has 0 spiro atoms. The number of hydrogen-bond acceptors (Lipinski definition) is 5. The first kappa shape index (κ1) is 12.8. The summed E-state index contributed by atoms with van der Waals surface area (Å²) in [7, 11) is 2.93. The first-order valence-electron chi connectivity index (χ1n) is 4.75. The van der Waals surface area contributed by atoms with Gasteiger partial charge in [0.05, 0.1) is 19.8 Å². The summed E-state index contributed by atoms with van der Waals surface area (Å²) >= 11 is 0. The molecule has 0 atom stereocenters. The average Bonchev–Trinajstić information content (AvgIpc) is 2.34. The van der Waals surface area contributed by atoms with Crippen molar-refractivity contribution < 1.29 is 23.8 Å². The third-order valence-corrected chi connectivity index (χ3v) is 1.93. The SMILES string of the molecule is COc1cc(OC)cc(C(=O)OCC(N)=O)c1. The normalized spacial score (nSPS) is 9.53. The Hall–Kier alpha value is -2.24. The quantitative estimate of drug-likeness (QED) is 0.749. The lowest BCUT2D eigenvalue weighted by molar-refractivity contribution is -0.121. The fourth-order valence-electron chi connectivity index (χ4n) is 1.15. The van der Waals surface area contributed by atoms with Gasteiger partial charge in [-0.25, -0.2) is 4.79 Å². The molecule has 0 unspecified atom stereocenters. The number of methoxy groups -OCH3 is 2. The molecule has 1 aromatic carbocycles.